The molecule has 1 saturated heterocycles. The van der Waals surface area contributed by atoms with E-state index in [1.165, 1.54) is 24.3 Å². The topological polar surface area (TPSA) is 69.3 Å². The Balaban J connectivity index is 1.32. The predicted octanol–water partition coefficient (Wildman–Crippen LogP) is 2.38. The molecular weight excluding hydrogens is 347 g/mol. The SMILES string of the molecule is Cc1c(C(=O)N2CCN(CC(=O)c3ccc(F)cc3)CC2)n[nH]c1C1CC1. The number of carbonyl (C=O) groups is 2. The van der Waals surface area contributed by atoms with Gasteiger partial charge < -0.3 is 4.90 Å². The summed E-state index contributed by atoms with van der Waals surface area (Å²) >= 11 is 0. The van der Waals surface area contributed by atoms with E-state index < -0.39 is 0 Å². The fraction of sp³-hybridized carbons (Fsp3) is 0.450. The zero-order valence-corrected chi connectivity index (χ0v) is 15.4. The average molecular weight is 370 g/mol. The number of piperazine rings is 1. The first-order valence-corrected chi connectivity index (χ1v) is 9.38. The second-order valence-electron chi connectivity index (χ2n) is 7.38. The van der Waals surface area contributed by atoms with E-state index in [4.69, 9.17) is 0 Å². The molecule has 4 rings (SSSR count). The van der Waals surface area contributed by atoms with Gasteiger partial charge in [0.15, 0.2) is 11.5 Å². The molecule has 2 aromatic rings. The van der Waals surface area contributed by atoms with Crippen molar-refractivity contribution in [3.8, 4) is 0 Å². The minimum atomic E-state index is -0.350. The van der Waals surface area contributed by atoms with E-state index in [1.54, 1.807) is 4.90 Å². The lowest BCUT2D eigenvalue weighted by Crippen LogP contribution is -2.50. The Bertz CT molecular complexity index is 849. The number of aromatic nitrogens is 2. The quantitative estimate of drug-likeness (QED) is 0.821. The van der Waals surface area contributed by atoms with Crippen LogP contribution in [0.1, 0.15) is 50.9 Å². The third-order valence-electron chi connectivity index (χ3n) is 5.43. The highest BCUT2D eigenvalue weighted by atomic mass is 19.1. The van der Waals surface area contributed by atoms with Crippen molar-refractivity contribution in [3.05, 3.63) is 52.6 Å². The van der Waals surface area contributed by atoms with Crippen molar-refractivity contribution in [1.82, 2.24) is 20.0 Å². The van der Waals surface area contributed by atoms with Gasteiger partial charge >= 0.3 is 0 Å². The van der Waals surface area contributed by atoms with Gasteiger partial charge in [-0.1, -0.05) is 0 Å². The summed E-state index contributed by atoms with van der Waals surface area (Å²) in [6.45, 7) is 4.65. The second-order valence-corrected chi connectivity index (χ2v) is 7.38. The molecule has 1 aliphatic heterocycles. The van der Waals surface area contributed by atoms with Gasteiger partial charge in [0.05, 0.1) is 6.54 Å². The molecule has 7 heteroatoms. The first-order valence-electron chi connectivity index (χ1n) is 9.38. The van der Waals surface area contributed by atoms with Gasteiger partial charge in [-0.05, 0) is 44.0 Å². The molecule has 0 radical (unpaired) electrons. The van der Waals surface area contributed by atoms with Gasteiger partial charge in [0.25, 0.3) is 5.91 Å². The van der Waals surface area contributed by atoms with Gasteiger partial charge in [0.2, 0.25) is 0 Å². The summed E-state index contributed by atoms with van der Waals surface area (Å²) in [6, 6.07) is 5.61. The van der Waals surface area contributed by atoms with Crippen molar-refractivity contribution in [2.24, 2.45) is 0 Å². The zero-order valence-electron chi connectivity index (χ0n) is 15.4. The van der Waals surface area contributed by atoms with E-state index in [9.17, 15) is 14.0 Å². The van der Waals surface area contributed by atoms with Crippen LogP contribution in [-0.2, 0) is 0 Å². The second kappa shape index (κ2) is 7.23. The normalized spacial score (nSPS) is 17.9. The first-order chi connectivity index (χ1) is 13.0. The number of hydrogen-bond acceptors (Lipinski definition) is 4. The number of aromatic amines is 1. The van der Waals surface area contributed by atoms with Crippen LogP contribution in [0.4, 0.5) is 4.39 Å². The molecule has 6 nitrogen and oxygen atoms in total. The number of Topliss-reactive ketones (excluding diaryl/α,β-unsaturated/α-hetero) is 1. The summed E-state index contributed by atoms with van der Waals surface area (Å²) < 4.78 is 13.0. The smallest absolute Gasteiger partial charge is 0.274 e. The zero-order chi connectivity index (χ0) is 19.0. The molecule has 1 aliphatic carbocycles. The average Bonchev–Trinajstić information content (AvgIpc) is 3.44. The summed E-state index contributed by atoms with van der Waals surface area (Å²) in [5.41, 5.74) is 3.10. The van der Waals surface area contributed by atoms with Crippen molar-refractivity contribution in [1.29, 1.82) is 0 Å². The lowest BCUT2D eigenvalue weighted by molar-refractivity contribution is 0.0618. The number of nitrogens with zero attached hydrogens (tertiary/aromatic N) is 3. The molecule has 1 amide bonds. The van der Waals surface area contributed by atoms with Gasteiger partial charge in [0, 0.05) is 48.9 Å². The molecule has 2 aliphatic rings. The highest BCUT2D eigenvalue weighted by Gasteiger charge is 2.31. The van der Waals surface area contributed by atoms with E-state index in [-0.39, 0.29) is 24.1 Å². The Kier molecular flexibility index (Phi) is 4.78. The van der Waals surface area contributed by atoms with Crippen LogP contribution in [0.2, 0.25) is 0 Å². The van der Waals surface area contributed by atoms with Crippen molar-refractivity contribution in [2.75, 3.05) is 32.7 Å². The highest BCUT2D eigenvalue weighted by molar-refractivity contribution is 5.97. The molecule has 0 bridgehead atoms. The van der Waals surface area contributed by atoms with Crippen LogP contribution in [-0.4, -0.2) is 64.4 Å². The number of benzene rings is 1. The number of rotatable bonds is 5. The molecule has 0 spiro atoms. The van der Waals surface area contributed by atoms with E-state index in [0.29, 0.717) is 43.4 Å². The lowest BCUT2D eigenvalue weighted by atomic mass is 10.1. The standard InChI is InChI=1S/C20H23FN4O2/c1-13-18(15-2-3-15)22-23-19(13)20(27)25-10-8-24(9-11-25)12-17(26)14-4-6-16(21)7-5-14/h4-7,15H,2-3,8-12H2,1H3,(H,22,23). The third kappa shape index (κ3) is 3.78. The molecule has 2 fully saturated rings. The van der Waals surface area contributed by atoms with Gasteiger partial charge in [-0.3, -0.25) is 19.6 Å². The molecule has 142 valence electrons. The molecule has 0 unspecified atom stereocenters. The van der Waals surface area contributed by atoms with Crippen LogP contribution >= 0.6 is 0 Å². The third-order valence-corrected chi connectivity index (χ3v) is 5.43. The number of hydrogen-bond donors (Lipinski definition) is 1. The summed E-state index contributed by atoms with van der Waals surface area (Å²) in [6.07, 6.45) is 2.33. The van der Waals surface area contributed by atoms with Crippen LogP contribution in [0.15, 0.2) is 24.3 Å². The molecule has 1 aromatic carbocycles. The molecule has 27 heavy (non-hydrogen) atoms. The number of carbonyl (C=O) groups excluding carboxylic acids is 2. The molecule has 1 saturated carbocycles. The summed E-state index contributed by atoms with van der Waals surface area (Å²) in [5.74, 6) is 0.109. The Morgan fingerprint density at radius 1 is 1.15 bits per heavy atom. The van der Waals surface area contributed by atoms with Gasteiger partial charge in [-0.2, -0.15) is 5.10 Å². The Labute approximate surface area is 157 Å². The Hall–Kier alpha value is -2.54. The maximum absolute atomic E-state index is 13.0. The highest BCUT2D eigenvalue weighted by Crippen LogP contribution is 2.41. The van der Waals surface area contributed by atoms with Gasteiger partial charge in [-0.15, -0.1) is 0 Å². The van der Waals surface area contributed by atoms with Crippen LogP contribution in [0.25, 0.3) is 0 Å². The Morgan fingerprint density at radius 2 is 1.81 bits per heavy atom. The molecule has 1 aromatic heterocycles. The largest absolute Gasteiger partial charge is 0.335 e. The fourth-order valence-electron chi connectivity index (χ4n) is 3.58. The molecule has 0 atom stereocenters. The van der Waals surface area contributed by atoms with Crippen molar-refractivity contribution < 1.29 is 14.0 Å². The number of H-pyrrole nitrogens is 1. The van der Waals surface area contributed by atoms with Crippen LogP contribution < -0.4 is 0 Å². The van der Waals surface area contributed by atoms with Crippen molar-refractivity contribution >= 4 is 11.7 Å². The summed E-state index contributed by atoms with van der Waals surface area (Å²) in [4.78, 5) is 28.9. The maximum atomic E-state index is 13.0. The van der Waals surface area contributed by atoms with Gasteiger partial charge in [-0.25, -0.2) is 4.39 Å². The fourth-order valence-corrected chi connectivity index (χ4v) is 3.58. The summed E-state index contributed by atoms with van der Waals surface area (Å²) in [5, 5.41) is 7.29. The van der Waals surface area contributed by atoms with Crippen molar-refractivity contribution in [3.63, 3.8) is 0 Å². The van der Waals surface area contributed by atoms with E-state index in [0.717, 1.165) is 24.1 Å². The summed E-state index contributed by atoms with van der Waals surface area (Å²) in [7, 11) is 0. The predicted molar refractivity (Wildman–Crippen MR) is 98.4 cm³/mol. The van der Waals surface area contributed by atoms with Crippen LogP contribution in [0.3, 0.4) is 0 Å². The van der Waals surface area contributed by atoms with Gasteiger partial charge in [0.1, 0.15) is 5.82 Å². The van der Waals surface area contributed by atoms with E-state index >= 15 is 0 Å². The number of ketones is 1. The number of nitrogens with one attached hydrogen (secondary N) is 1. The number of halogens is 1. The molecule has 1 N–H and O–H groups in total. The van der Waals surface area contributed by atoms with E-state index in [2.05, 4.69) is 10.2 Å². The molecule has 2 heterocycles. The maximum Gasteiger partial charge on any atom is 0.274 e. The minimum Gasteiger partial charge on any atom is -0.335 e. The van der Waals surface area contributed by atoms with E-state index in [1.807, 2.05) is 11.8 Å². The Morgan fingerprint density at radius 3 is 2.44 bits per heavy atom. The van der Waals surface area contributed by atoms with Crippen LogP contribution in [0, 0.1) is 12.7 Å². The minimum absolute atomic E-state index is 0.0352. The van der Waals surface area contributed by atoms with Crippen molar-refractivity contribution in [2.45, 2.75) is 25.7 Å². The molecular formula is C20H23FN4O2. The lowest BCUT2D eigenvalue weighted by Gasteiger charge is -2.34. The first kappa shape index (κ1) is 17.9. The monoisotopic (exact) mass is 370 g/mol. The van der Waals surface area contributed by atoms with Crippen LogP contribution in [0.5, 0.6) is 0 Å². The number of amides is 1.